The Morgan fingerprint density at radius 3 is 1.81 bits per heavy atom. The first-order chi connectivity index (χ1) is 20.9. The molecule has 4 aromatic rings. The van der Waals surface area contributed by atoms with E-state index in [1.165, 1.54) is 21.6 Å². The van der Waals surface area contributed by atoms with Gasteiger partial charge in [0.2, 0.25) is 5.91 Å². The summed E-state index contributed by atoms with van der Waals surface area (Å²) in [7, 11) is 2.15. The van der Waals surface area contributed by atoms with Crippen LogP contribution in [0.15, 0.2) is 97.4 Å². The van der Waals surface area contributed by atoms with Crippen molar-refractivity contribution in [2.45, 2.75) is 53.1 Å². The monoisotopic (exact) mass is 610 g/mol. The van der Waals surface area contributed by atoms with Gasteiger partial charge in [-0.05, 0) is 61.2 Å². The number of benzene rings is 2. The van der Waals surface area contributed by atoms with Crippen molar-refractivity contribution in [2.75, 3.05) is 20.1 Å². The molecule has 0 N–H and O–H groups in total. The first kappa shape index (κ1) is 32.3. The number of thiazole rings is 2. The lowest BCUT2D eigenvalue weighted by molar-refractivity contribution is -0.131. The van der Waals surface area contributed by atoms with Gasteiger partial charge in [0.1, 0.15) is 10.0 Å². The fourth-order valence-corrected chi connectivity index (χ4v) is 6.87. The Hall–Kier alpha value is -3.65. The molecule has 0 fully saturated rings. The molecule has 43 heavy (non-hydrogen) atoms. The van der Waals surface area contributed by atoms with Crippen molar-refractivity contribution in [3.8, 4) is 32.0 Å². The number of rotatable bonds is 15. The van der Waals surface area contributed by atoms with Gasteiger partial charge >= 0.3 is 0 Å². The van der Waals surface area contributed by atoms with E-state index in [1.807, 2.05) is 42.4 Å². The van der Waals surface area contributed by atoms with Gasteiger partial charge in [-0.2, -0.15) is 0 Å². The number of amides is 1. The maximum Gasteiger partial charge on any atom is 0.227 e. The maximum absolute atomic E-state index is 13.1. The molecular formula is C36H42N4OS2. The van der Waals surface area contributed by atoms with Crippen LogP contribution in [0.25, 0.3) is 32.0 Å². The van der Waals surface area contributed by atoms with Crippen LogP contribution in [0, 0.1) is 0 Å². The molecule has 0 atom stereocenters. The van der Waals surface area contributed by atoms with Gasteiger partial charge in [-0.3, -0.25) is 9.69 Å². The van der Waals surface area contributed by atoms with Gasteiger partial charge in [0.15, 0.2) is 0 Å². The molecule has 5 nitrogen and oxygen atoms in total. The molecule has 1 amide bonds. The zero-order chi connectivity index (χ0) is 30.6. The van der Waals surface area contributed by atoms with Gasteiger partial charge in [0.05, 0.1) is 29.3 Å². The second-order valence-corrected chi connectivity index (χ2v) is 12.8. The third-order valence-electron chi connectivity index (χ3n) is 7.03. The molecule has 2 aromatic heterocycles. The Morgan fingerprint density at radius 2 is 1.33 bits per heavy atom. The third-order valence-corrected chi connectivity index (χ3v) is 9.09. The summed E-state index contributed by atoms with van der Waals surface area (Å²) >= 11 is 3.42. The number of allylic oxidation sites excluding steroid dienone is 4. The van der Waals surface area contributed by atoms with Gasteiger partial charge in [-0.1, -0.05) is 93.3 Å². The summed E-state index contributed by atoms with van der Waals surface area (Å²) in [5.41, 5.74) is 5.65. The number of carbonyl (C=O) groups excluding carboxylic acids is 1. The average molecular weight is 611 g/mol. The summed E-state index contributed by atoms with van der Waals surface area (Å²) < 4.78 is 0. The molecule has 0 aliphatic carbocycles. The van der Waals surface area contributed by atoms with Crippen LogP contribution in [0.1, 0.15) is 50.0 Å². The molecular weight excluding hydrogens is 569 g/mol. The fraction of sp³-hybridized carbons (Fsp3) is 0.306. The smallest absolute Gasteiger partial charge is 0.227 e. The molecule has 0 saturated heterocycles. The molecule has 4 rings (SSSR count). The van der Waals surface area contributed by atoms with E-state index in [1.54, 1.807) is 28.7 Å². The van der Waals surface area contributed by atoms with E-state index >= 15 is 0 Å². The first-order valence-electron chi connectivity index (χ1n) is 14.9. The molecule has 0 unspecified atom stereocenters. The Morgan fingerprint density at radius 1 is 0.814 bits per heavy atom. The molecule has 7 heteroatoms. The molecule has 0 spiro atoms. The standard InChI is InChI=1S/C36H42N4OS2/c1-6-10-27(11-7-2)22-36(41)40(21-9-4)26-35-38-24-33(43-35)31-18-14-29(15-19-31)28-12-16-30(17-13-28)32-23-37-34(42-32)25-39(5)20-8-3/h6-7,10-19,23-24H,1,8-9,20-22,25-26H2,2-5H3/b11-7-,27-10+. The predicted octanol–water partition coefficient (Wildman–Crippen LogP) is 9.26. The van der Waals surface area contributed by atoms with Crippen LogP contribution in [-0.2, 0) is 17.9 Å². The lowest BCUT2D eigenvalue weighted by Gasteiger charge is -2.21. The highest BCUT2D eigenvalue weighted by molar-refractivity contribution is 7.15. The largest absolute Gasteiger partial charge is 0.336 e. The number of carbonyl (C=O) groups is 1. The number of hydrogen-bond acceptors (Lipinski definition) is 6. The van der Waals surface area contributed by atoms with Crippen LogP contribution in [0.2, 0.25) is 0 Å². The van der Waals surface area contributed by atoms with Gasteiger partial charge in [0.25, 0.3) is 0 Å². The van der Waals surface area contributed by atoms with Gasteiger partial charge in [0, 0.05) is 18.9 Å². The molecule has 0 radical (unpaired) electrons. The Bertz CT molecular complexity index is 1530. The highest BCUT2D eigenvalue weighted by Crippen LogP contribution is 2.32. The van der Waals surface area contributed by atoms with Gasteiger partial charge in [-0.15, -0.1) is 22.7 Å². The number of nitrogens with zero attached hydrogens (tertiary/aromatic N) is 4. The van der Waals surface area contributed by atoms with Crippen molar-refractivity contribution in [1.29, 1.82) is 0 Å². The van der Waals surface area contributed by atoms with Crippen molar-refractivity contribution < 1.29 is 4.79 Å². The van der Waals surface area contributed by atoms with Crippen LogP contribution >= 0.6 is 22.7 Å². The number of hydrogen-bond donors (Lipinski definition) is 0. The molecule has 2 heterocycles. The molecule has 0 aliphatic rings. The van der Waals surface area contributed by atoms with Crippen molar-refractivity contribution in [2.24, 2.45) is 0 Å². The van der Waals surface area contributed by atoms with E-state index in [-0.39, 0.29) is 5.91 Å². The minimum atomic E-state index is 0.107. The highest BCUT2D eigenvalue weighted by Gasteiger charge is 2.16. The lowest BCUT2D eigenvalue weighted by Crippen LogP contribution is -2.31. The maximum atomic E-state index is 13.1. The zero-order valence-corrected chi connectivity index (χ0v) is 27.4. The SMILES string of the molecule is C=C/C=C(\C=C/C)CC(=O)N(CCC)Cc1ncc(-c2ccc(-c3ccc(-c4cnc(CN(C)CCC)s4)cc3)cc2)s1. The van der Waals surface area contributed by atoms with E-state index in [9.17, 15) is 4.79 Å². The summed E-state index contributed by atoms with van der Waals surface area (Å²) in [6, 6.07) is 17.4. The van der Waals surface area contributed by atoms with E-state index in [0.29, 0.717) is 19.5 Å². The quantitative estimate of drug-likeness (QED) is 0.126. The van der Waals surface area contributed by atoms with Gasteiger partial charge < -0.3 is 4.90 Å². The summed E-state index contributed by atoms with van der Waals surface area (Å²) in [6.07, 6.45) is 13.9. The Labute approximate surface area is 265 Å². The molecule has 0 saturated carbocycles. The molecule has 224 valence electrons. The predicted molar refractivity (Wildman–Crippen MR) is 184 cm³/mol. The van der Waals surface area contributed by atoms with E-state index in [0.717, 1.165) is 52.0 Å². The normalized spacial score (nSPS) is 11.9. The zero-order valence-electron chi connectivity index (χ0n) is 25.8. The van der Waals surface area contributed by atoms with E-state index in [2.05, 4.69) is 90.9 Å². The van der Waals surface area contributed by atoms with E-state index in [4.69, 9.17) is 0 Å². The second-order valence-electron chi connectivity index (χ2n) is 10.6. The second kappa shape index (κ2) is 16.3. The fourth-order valence-electron chi connectivity index (χ4n) is 4.93. The first-order valence-corrected chi connectivity index (χ1v) is 16.6. The summed E-state index contributed by atoms with van der Waals surface area (Å²) in [5.74, 6) is 0.107. The minimum Gasteiger partial charge on any atom is -0.336 e. The lowest BCUT2D eigenvalue weighted by atomic mass is 10.0. The Kier molecular flexibility index (Phi) is 12.2. The average Bonchev–Trinajstić information content (AvgIpc) is 3.67. The van der Waals surface area contributed by atoms with Crippen LogP contribution in [-0.4, -0.2) is 45.8 Å². The van der Waals surface area contributed by atoms with Crippen molar-refractivity contribution in [1.82, 2.24) is 19.8 Å². The summed E-state index contributed by atoms with van der Waals surface area (Å²) in [5, 5.41) is 2.10. The highest BCUT2D eigenvalue weighted by atomic mass is 32.1. The molecule has 2 aromatic carbocycles. The summed E-state index contributed by atoms with van der Waals surface area (Å²) in [6.45, 7) is 13.2. The van der Waals surface area contributed by atoms with Crippen molar-refractivity contribution >= 4 is 28.6 Å². The van der Waals surface area contributed by atoms with Crippen LogP contribution in [0.5, 0.6) is 0 Å². The third kappa shape index (κ3) is 9.17. The van der Waals surface area contributed by atoms with Crippen molar-refractivity contribution in [3.63, 3.8) is 0 Å². The topological polar surface area (TPSA) is 49.3 Å². The van der Waals surface area contributed by atoms with Gasteiger partial charge in [-0.25, -0.2) is 9.97 Å². The minimum absolute atomic E-state index is 0.107. The number of aromatic nitrogens is 2. The van der Waals surface area contributed by atoms with E-state index < -0.39 is 0 Å². The van der Waals surface area contributed by atoms with Crippen molar-refractivity contribution in [3.05, 3.63) is 107 Å². The molecule has 0 bridgehead atoms. The molecule has 0 aliphatic heterocycles. The summed E-state index contributed by atoms with van der Waals surface area (Å²) in [4.78, 5) is 28.9. The van der Waals surface area contributed by atoms with Crippen LogP contribution < -0.4 is 0 Å². The van der Waals surface area contributed by atoms with Crippen LogP contribution in [0.4, 0.5) is 0 Å². The van der Waals surface area contributed by atoms with Crippen LogP contribution in [0.3, 0.4) is 0 Å². The Balaban J connectivity index is 1.40.